The van der Waals surface area contributed by atoms with Gasteiger partial charge in [-0.2, -0.15) is 0 Å². The summed E-state index contributed by atoms with van der Waals surface area (Å²) in [6.07, 6.45) is 0. The number of aryl methyl sites for hydroxylation is 6. The summed E-state index contributed by atoms with van der Waals surface area (Å²) in [7, 11) is 0. The van der Waals surface area contributed by atoms with E-state index in [2.05, 4.69) is 221 Å². The van der Waals surface area contributed by atoms with Crippen LogP contribution in [0.25, 0.3) is 76.8 Å². The van der Waals surface area contributed by atoms with Crippen molar-refractivity contribution >= 4 is 66.4 Å². The summed E-state index contributed by atoms with van der Waals surface area (Å²) in [6.45, 7) is 12.4. The summed E-state index contributed by atoms with van der Waals surface area (Å²) in [4.78, 5) is 4.22. The van der Waals surface area contributed by atoms with Crippen molar-refractivity contribution < 1.29 is 8.78 Å². The van der Waals surface area contributed by atoms with Gasteiger partial charge in [0.1, 0.15) is 11.6 Å². The molecule has 0 heterocycles. The Hall–Kier alpha value is -8.86. The van der Waals surface area contributed by atoms with E-state index in [1.165, 1.54) is 0 Å². The van der Waals surface area contributed by atoms with Gasteiger partial charge in [0.05, 0.1) is 22.7 Å². The monoisotopic (exact) mass is 960 g/mol. The maximum absolute atomic E-state index is 17.9. The Bertz CT molecular complexity index is 3850. The lowest BCUT2D eigenvalue weighted by Crippen LogP contribution is -2.15. The number of nitrogens with zero attached hydrogens (tertiary/aromatic N) is 2. The molecule has 0 amide bonds. The number of hydrogen-bond donors (Lipinski definition) is 0. The molecule has 0 unspecified atom stereocenters. The molecule has 0 atom stereocenters. The quantitative estimate of drug-likeness (QED) is 0.126. The van der Waals surface area contributed by atoms with Gasteiger partial charge in [0.15, 0.2) is 0 Å². The highest BCUT2D eigenvalue weighted by Crippen LogP contribution is 2.52. The van der Waals surface area contributed by atoms with E-state index in [1.807, 2.05) is 36.4 Å². The maximum atomic E-state index is 17.9. The lowest BCUT2D eigenvalue weighted by molar-refractivity contribution is 0.629. The van der Waals surface area contributed by atoms with Gasteiger partial charge in [-0.25, -0.2) is 8.78 Å². The zero-order valence-corrected chi connectivity index (χ0v) is 42.4. The van der Waals surface area contributed by atoms with Gasteiger partial charge in [0.2, 0.25) is 0 Å². The smallest absolute Gasteiger partial charge is 0.148 e. The minimum absolute atomic E-state index is 0.331. The Morgan fingerprint density at radius 1 is 0.284 bits per heavy atom. The van der Waals surface area contributed by atoms with E-state index >= 15 is 8.78 Å². The first-order valence-electron chi connectivity index (χ1n) is 25.3. The van der Waals surface area contributed by atoms with Crippen LogP contribution in [0.4, 0.5) is 42.9 Å². The lowest BCUT2D eigenvalue weighted by Gasteiger charge is -2.32. The summed E-state index contributed by atoms with van der Waals surface area (Å²) in [5.41, 5.74) is 17.8. The van der Waals surface area contributed by atoms with Crippen LogP contribution in [0.5, 0.6) is 0 Å². The standard InChI is InChI=1S/C70H54F2N2/c1-43-19-27-57(28-20-43)73(69-61(53-17-9-13-47(5)37-53)39-55(41-63(69)71)51-15-7-11-45(3)35-51)65-33-25-49-24-32-60-66(34-26-50-23-31-59(65)67(49)68(50)60)74(58-29-21-44(2)22-30-58)70-62(54-18-10-14-48(6)38-54)40-56(42-64(70)72)52-16-8-12-46(4)36-52/h7-42H,1-6H3. The zero-order valence-electron chi connectivity index (χ0n) is 42.4. The third kappa shape index (κ3) is 8.32. The van der Waals surface area contributed by atoms with Crippen LogP contribution in [0.15, 0.2) is 218 Å². The van der Waals surface area contributed by atoms with Crippen molar-refractivity contribution in [2.75, 3.05) is 9.80 Å². The molecular formula is C70H54F2N2. The number of halogens is 2. The Morgan fingerprint density at radius 2 is 0.622 bits per heavy atom. The number of hydrogen-bond acceptors (Lipinski definition) is 2. The first-order valence-corrected chi connectivity index (χ1v) is 25.3. The Labute approximate surface area is 432 Å². The van der Waals surface area contributed by atoms with E-state index in [0.717, 1.165) is 133 Å². The average molecular weight is 961 g/mol. The van der Waals surface area contributed by atoms with Crippen LogP contribution in [0, 0.1) is 53.2 Å². The van der Waals surface area contributed by atoms with E-state index in [9.17, 15) is 0 Å². The number of rotatable bonds is 10. The average Bonchev–Trinajstić information content (AvgIpc) is 3.40. The first-order chi connectivity index (χ1) is 35.9. The van der Waals surface area contributed by atoms with Gasteiger partial charge >= 0.3 is 0 Å². The van der Waals surface area contributed by atoms with E-state index in [1.54, 1.807) is 12.1 Å². The third-order valence-corrected chi connectivity index (χ3v) is 14.6. The number of anilines is 6. The summed E-state index contributed by atoms with van der Waals surface area (Å²) in [5, 5.41) is 6.12. The topological polar surface area (TPSA) is 6.48 Å². The predicted octanol–water partition coefficient (Wildman–Crippen LogP) is 20.3. The van der Waals surface area contributed by atoms with Crippen molar-refractivity contribution in [3.8, 4) is 44.5 Å². The van der Waals surface area contributed by atoms with E-state index in [4.69, 9.17) is 0 Å². The van der Waals surface area contributed by atoms with Gasteiger partial charge in [-0.15, -0.1) is 0 Å². The molecule has 0 aliphatic carbocycles. The predicted molar refractivity (Wildman–Crippen MR) is 310 cm³/mol. The Balaban J connectivity index is 1.13. The Morgan fingerprint density at radius 3 is 0.986 bits per heavy atom. The Kier molecular flexibility index (Phi) is 11.6. The molecule has 0 spiro atoms. The third-order valence-electron chi connectivity index (χ3n) is 14.6. The maximum Gasteiger partial charge on any atom is 0.148 e. The molecule has 0 fully saturated rings. The molecule has 12 aromatic carbocycles. The van der Waals surface area contributed by atoms with E-state index < -0.39 is 0 Å². The summed E-state index contributed by atoms with van der Waals surface area (Å²) in [6, 6.07) is 74.8. The highest BCUT2D eigenvalue weighted by molar-refractivity contribution is 6.28. The highest BCUT2D eigenvalue weighted by Gasteiger charge is 2.28. The minimum atomic E-state index is -0.331. The fraction of sp³-hybridized carbons (Fsp3) is 0.0857. The van der Waals surface area contributed by atoms with E-state index in [0.29, 0.717) is 11.4 Å². The molecule has 74 heavy (non-hydrogen) atoms. The molecule has 2 nitrogen and oxygen atoms in total. The molecule has 0 aliphatic rings. The zero-order chi connectivity index (χ0) is 50.8. The summed E-state index contributed by atoms with van der Waals surface area (Å²) in [5.74, 6) is -0.662. The van der Waals surface area contributed by atoms with Crippen molar-refractivity contribution in [1.29, 1.82) is 0 Å². The van der Waals surface area contributed by atoms with Crippen molar-refractivity contribution in [1.82, 2.24) is 0 Å². The van der Waals surface area contributed by atoms with Crippen LogP contribution in [0.2, 0.25) is 0 Å². The second kappa shape index (κ2) is 18.6. The minimum Gasteiger partial charge on any atom is -0.307 e. The lowest BCUT2D eigenvalue weighted by atomic mass is 9.90. The van der Waals surface area contributed by atoms with Gasteiger partial charge in [0.25, 0.3) is 0 Å². The van der Waals surface area contributed by atoms with Gasteiger partial charge in [-0.05, 0) is 157 Å². The fourth-order valence-corrected chi connectivity index (χ4v) is 11.0. The van der Waals surface area contributed by atoms with Gasteiger partial charge in [-0.3, -0.25) is 0 Å². The second-order valence-electron chi connectivity index (χ2n) is 20.1. The second-order valence-corrected chi connectivity index (χ2v) is 20.1. The van der Waals surface area contributed by atoms with Crippen LogP contribution in [-0.4, -0.2) is 0 Å². The van der Waals surface area contributed by atoms with Crippen LogP contribution in [-0.2, 0) is 0 Å². The molecule has 0 N–H and O–H groups in total. The van der Waals surface area contributed by atoms with Crippen LogP contribution >= 0.6 is 0 Å². The first kappa shape index (κ1) is 46.2. The highest BCUT2D eigenvalue weighted by atomic mass is 19.1. The van der Waals surface area contributed by atoms with Gasteiger partial charge in [0, 0.05) is 33.3 Å². The molecule has 0 radical (unpaired) electrons. The van der Waals surface area contributed by atoms with Crippen molar-refractivity contribution in [3.05, 3.63) is 263 Å². The molecular weight excluding hydrogens is 907 g/mol. The van der Waals surface area contributed by atoms with Crippen LogP contribution in [0.3, 0.4) is 0 Å². The van der Waals surface area contributed by atoms with Gasteiger partial charge in [-0.1, -0.05) is 191 Å². The largest absolute Gasteiger partial charge is 0.307 e. The van der Waals surface area contributed by atoms with Crippen molar-refractivity contribution in [2.24, 2.45) is 0 Å². The van der Waals surface area contributed by atoms with E-state index in [-0.39, 0.29) is 11.6 Å². The molecule has 358 valence electrons. The summed E-state index contributed by atoms with van der Waals surface area (Å²) < 4.78 is 35.9. The van der Waals surface area contributed by atoms with Crippen LogP contribution in [0.1, 0.15) is 33.4 Å². The van der Waals surface area contributed by atoms with Crippen molar-refractivity contribution in [3.63, 3.8) is 0 Å². The molecule has 0 bridgehead atoms. The fourth-order valence-electron chi connectivity index (χ4n) is 11.0. The normalized spacial score (nSPS) is 11.5. The molecule has 4 heteroatoms. The number of benzene rings is 12. The molecule has 12 rings (SSSR count). The van der Waals surface area contributed by atoms with Crippen LogP contribution < -0.4 is 9.80 Å². The summed E-state index contributed by atoms with van der Waals surface area (Å²) >= 11 is 0. The molecule has 0 aliphatic heterocycles. The van der Waals surface area contributed by atoms with Crippen molar-refractivity contribution in [2.45, 2.75) is 41.5 Å². The van der Waals surface area contributed by atoms with Gasteiger partial charge < -0.3 is 9.80 Å². The molecule has 12 aromatic rings. The molecule has 0 aromatic heterocycles. The molecule has 0 saturated carbocycles. The SMILES string of the molecule is Cc1ccc(N(c2c(F)cc(-c3cccc(C)c3)cc2-c2cccc(C)c2)c2ccc3ccc4c(N(c5ccc(C)cc5)c5c(F)cc(-c6cccc(C)c6)cc5-c5cccc(C)c5)ccc5ccc2c3c54)cc1. The molecule has 0 saturated heterocycles.